The van der Waals surface area contributed by atoms with E-state index >= 15 is 0 Å². The Morgan fingerprint density at radius 1 is 1.29 bits per heavy atom. The number of carbonyl (C=O) groups is 1. The fourth-order valence-electron chi connectivity index (χ4n) is 1.69. The molecule has 0 bridgehead atoms. The number of non-ortho nitro benzene ring substituents is 1. The first kappa shape index (κ1) is 14.5. The Bertz CT molecular complexity index is 768. The predicted molar refractivity (Wildman–Crippen MR) is 77.2 cm³/mol. The van der Waals surface area contributed by atoms with Gasteiger partial charge in [0.05, 0.1) is 16.2 Å². The normalized spacial score (nSPS) is 9.71. The van der Waals surface area contributed by atoms with Gasteiger partial charge >= 0.3 is 0 Å². The Balaban J connectivity index is 2.33. The highest BCUT2D eigenvalue weighted by molar-refractivity contribution is 6.31. The van der Waals surface area contributed by atoms with E-state index in [9.17, 15) is 14.9 Å². The molecule has 21 heavy (non-hydrogen) atoms. The predicted octanol–water partition coefficient (Wildman–Crippen LogP) is 3.37. The zero-order valence-electron chi connectivity index (χ0n) is 10.5. The van der Waals surface area contributed by atoms with E-state index in [1.807, 2.05) is 6.07 Å². The van der Waals surface area contributed by atoms with Crippen LogP contribution in [0.1, 0.15) is 15.9 Å². The van der Waals surface area contributed by atoms with Crippen LogP contribution < -0.4 is 5.32 Å². The van der Waals surface area contributed by atoms with Crippen molar-refractivity contribution in [3.63, 3.8) is 0 Å². The summed E-state index contributed by atoms with van der Waals surface area (Å²) in [5.74, 6) is -0.580. The smallest absolute Gasteiger partial charge is 0.271 e. The fraction of sp³-hybridized carbons (Fsp3) is 0. The molecule has 0 aliphatic carbocycles. The minimum absolute atomic E-state index is 0.0435. The number of rotatable bonds is 3. The van der Waals surface area contributed by atoms with E-state index in [1.165, 1.54) is 6.07 Å². The monoisotopic (exact) mass is 301 g/mol. The van der Waals surface area contributed by atoms with Crippen LogP contribution in [0.5, 0.6) is 0 Å². The molecule has 0 aliphatic heterocycles. The number of halogens is 1. The van der Waals surface area contributed by atoms with Gasteiger partial charge in [-0.3, -0.25) is 14.9 Å². The fourth-order valence-corrected chi connectivity index (χ4v) is 1.92. The molecule has 0 spiro atoms. The number of nitro benzene ring substituents is 1. The Hall–Kier alpha value is -2.91. The molecule has 0 aliphatic rings. The van der Waals surface area contributed by atoms with Crippen molar-refractivity contribution in [2.45, 2.75) is 0 Å². The molecule has 0 saturated heterocycles. The molecule has 2 rings (SSSR count). The summed E-state index contributed by atoms with van der Waals surface area (Å²) in [5, 5.41) is 22.3. The van der Waals surface area contributed by atoms with Gasteiger partial charge in [0.2, 0.25) is 0 Å². The Labute approximate surface area is 124 Å². The van der Waals surface area contributed by atoms with Gasteiger partial charge in [-0.2, -0.15) is 5.26 Å². The zero-order valence-corrected chi connectivity index (χ0v) is 11.3. The van der Waals surface area contributed by atoms with E-state index in [1.54, 1.807) is 24.3 Å². The summed E-state index contributed by atoms with van der Waals surface area (Å²) in [4.78, 5) is 22.2. The molecule has 0 saturated carbocycles. The van der Waals surface area contributed by atoms with Gasteiger partial charge in [0, 0.05) is 22.7 Å². The van der Waals surface area contributed by atoms with Gasteiger partial charge in [-0.25, -0.2) is 0 Å². The second-order valence-corrected chi connectivity index (χ2v) is 4.50. The van der Waals surface area contributed by atoms with Crippen LogP contribution >= 0.6 is 11.6 Å². The topological polar surface area (TPSA) is 96.0 Å². The molecular weight excluding hydrogens is 294 g/mol. The second-order valence-electron chi connectivity index (χ2n) is 4.07. The first-order valence-corrected chi connectivity index (χ1v) is 6.14. The van der Waals surface area contributed by atoms with Crippen molar-refractivity contribution in [1.29, 1.82) is 5.26 Å². The molecule has 0 unspecified atom stereocenters. The van der Waals surface area contributed by atoms with E-state index in [-0.39, 0.29) is 16.3 Å². The van der Waals surface area contributed by atoms with Crippen molar-refractivity contribution >= 4 is 28.9 Å². The summed E-state index contributed by atoms with van der Waals surface area (Å²) in [6.07, 6.45) is 0. The lowest BCUT2D eigenvalue weighted by molar-refractivity contribution is -0.384. The minimum atomic E-state index is -0.633. The molecule has 0 radical (unpaired) electrons. The second kappa shape index (κ2) is 6.03. The van der Waals surface area contributed by atoms with Gasteiger partial charge in [0.15, 0.2) is 0 Å². The van der Waals surface area contributed by atoms with E-state index < -0.39 is 10.8 Å². The quantitative estimate of drug-likeness (QED) is 0.694. The van der Waals surface area contributed by atoms with Crippen LogP contribution in [0, 0.1) is 21.4 Å². The number of nitro groups is 1. The standard InChI is InChI=1S/C14H8ClN3O3/c15-11-5-10(6-12(7-11)18(20)21)14(19)17-13-4-2-1-3-9(13)8-16/h1-7H,(H,17,19). The maximum absolute atomic E-state index is 12.1. The van der Waals surface area contributed by atoms with Crippen LogP contribution in [-0.4, -0.2) is 10.8 Å². The molecule has 0 atom stereocenters. The van der Waals surface area contributed by atoms with E-state index in [0.717, 1.165) is 12.1 Å². The third-order valence-electron chi connectivity index (χ3n) is 2.65. The van der Waals surface area contributed by atoms with Gasteiger partial charge in [-0.05, 0) is 18.2 Å². The number of hydrogen-bond donors (Lipinski definition) is 1. The number of hydrogen-bond acceptors (Lipinski definition) is 4. The summed E-state index contributed by atoms with van der Waals surface area (Å²) >= 11 is 5.76. The van der Waals surface area contributed by atoms with E-state index in [4.69, 9.17) is 16.9 Å². The van der Waals surface area contributed by atoms with Crippen LogP contribution in [-0.2, 0) is 0 Å². The average Bonchev–Trinajstić information content (AvgIpc) is 2.47. The van der Waals surface area contributed by atoms with Crippen LogP contribution in [0.4, 0.5) is 11.4 Å². The van der Waals surface area contributed by atoms with Crippen molar-refractivity contribution in [3.05, 3.63) is 68.7 Å². The maximum atomic E-state index is 12.1. The lowest BCUT2D eigenvalue weighted by Gasteiger charge is -2.07. The number of para-hydroxylation sites is 1. The van der Waals surface area contributed by atoms with Gasteiger partial charge in [0.25, 0.3) is 11.6 Å². The number of nitriles is 1. The Morgan fingerprint density at radius 2 is 2.00 bits per heavy atom. The maximum Gasteiger partial charge on any atom is 0.271 e. The summed E-state index contributed by atoms with van der Waals surface area (Å²) in [6.45, 7) is 0. The van der Waals surface area contributed by atoms with Crippen LogP contribution in [0.2, 0.25) is 5.02 Å². The molecule has 2 aromatic rings. The highest BCUT2D eigenvalue weighted by Crippen LogP contribution is 2.22. The van der Waals surface area contributed by atoms with E-state index in [2.05, 4.69) is 5.32 Å². The Kier molecular flexibility index (Phi) is 4.16. The first-order chi connectivity index (χ1) is 10.0. The molecular formula is C14H8ClN3O3. The van der Waals surface area contributed by atoms with Crippen molar-refractivity contribution in [3.8, 4) is 6.07 Å². The lowest BCUT2D eigenvalue weighted by atomic mass is 10.1. The van der Waals surface area contributed by atoms with Gasteiger partial charge in [-0.1, -0.05) is 23.7 Å². The van der Waals surface area contributed by atoms with Crippen molar-refractivity contribution in [2.75, 3.05) is 5.32 Å². The molecule has 2 aromatic carbocycles. The van der Waals surface area contributed by atoms with Gasteiger partial charge < -0.3 is 5.32 Å². The highest BCUT2D eigenvalue weighted by Gasteiger charge is 2.15. The third-order valence-corrected chi connectivity index (χ3v) is 2.87. The molecule has 0 aromatic heterocycles. The third kappa shape index (κ3) is 3.35. The van der Waals surface area contributed by atoms with Crippen molar-refractivity contribution in [2.24, 2.45) is 0 Å². The molecule has 7 heteroatoms. The number of nitrogens with zero attached hydrogens (tertiary/aromatic N) is 2. The number of amides is 1. The lowest BCUT2D eigenvalue weighted by Crippen LogP contribution is -2.13. The van der Waals surface area contributed by atoms with Crippen LogP contribution in [0.3, 0.4) is 0 Å². The number of carbonyl (C=O) groups excluding carboxylic acids is 1. The van der Waals surface area contributed by atoms with Crippen molar-refractivity contribution in [1.82, 2.24) is 0 Å². The molecule has 6 nitrogen and oxygen atoms in total. The van der Waals surface area contributed by atoms with Crippen LogP contribution in [0.25, 0.3) is 0 Å². The molecule has 0 fully saturated rings. The van der Waals surface area contributed by atoms with Crippen LogP contribution in [0.15, 0.2) is 42.5 Å². The minimum Gasteiger partial charge on any atom is -0.321 e. The highest BCUT2D eigenvalue weighted by atomic mass is 35.5. The average molecular weight is 302 g/mol. The SMILES string of the molecule is N#Cc1ccccc1NC(=O)c1cc(Cl)cc([N+](=O)[O-])c1. The molecule has 104 valence electrons. The van der Waals surface area contributed by atoms with Crippen molar-refractivity contribution < 1.29 is 9.72 Å². The van der Waals surface area contributed by atoms with E-state index in [0.29, 0.717) is 11.3 Å². The molecule has 1 N–H and O–H groups in total. The Morgan fingerprint density at radius 3 is 2.67 bits per heavy atom. The molecule has 1 amide bonds. The number of nitrogens with one attached hydrogen (secondary N) is 1. The largest absolute Gasteiger partial charge is 0.321 e. The summed E-state index contributed by atoms with van der Waals surface area (Å²) in [6, 6.07) is 12.0. The summed E-state index contributed by atoms with van der Waals surface area (Å²) in [7, 11) is 0. The molecule has 0 heterocycles. The summed E-state index contributed by atoms with van der Waals surface area (Å²) < 4.78 is 0. The van der Waals surface area contributed by atoms with Gasteiger partial charge in [-0.15, -0.1) is 0 Å². The number of benzene rings is 2. The summed E-state index contributed by atoms with van der Waals surface area (Å²) in [5.41, 5.74) is 0.387. The zero-order chi connectivity index (χ0) is 15.4. The van der Waals surface area contributed by atoms with Gasteiger partial charge in [0.1, 0.15) is 6.07 Å². The number of anilines is 1. The first-order valence-electron chi connectivity index (χ1n) is 5.76.